The first-order valence-electron chi connectivity index (χ1n) is 8.51. The van der Waals surface area contributed by atoms with Crippen molar-refractivity contribution >= 4 is 29.0 Å². The third-order valence-electron chi connectivity index (χ3n) is 4.07. The maximum Gasteiger partial charge on any atom is 0.258 e. The minimum atomic E-state index is -0.271. The number of anilines is 3. The van der Waals surface area contributed by atoms with Gasteiger partial charge in [0.2, 0.25) is 5.95 Å². The molecule has 6 nitrogen and oxygen atoms in total. The zero-order valence-electron chi connectivity index (χ0n) is 15.4. The van der Waals surface area contributed by atoms with Gasteiger partial charge in [-0.3, -0.25) is 9.59 Å². The molecule has 3 aromatic rings. The number of ketones is 1. The molecule has 136 valence electrons. The van der Waals surface area contributed by atoms with E-state index in [2.05, 4.69) is 20.6 Å². The Hall–Kier alpha value is -3.54. The lowest BCUT2D eigenvalue weighted by atomic mass is 10.1. The van der Waals surface area contributed by atoms with Crippen molar-refractivity contribution in [1.82, 2.24) is 9.97 Å². The van der Waals surface area contributed by atoms with Gasteiger partial charge in [0.15, 0.2) is 5.78 Å². The number of hydrogen-bond acceptors (Lipinski definition) is 5. The summed E-state index contributed by atoms with van der Waals surface area (Å²) >= 11 is 0. The van der Waals surface area contributed by atoms with Crippen molar-refractivity contribution in [2.45, 2.75) is 20.8 Å². The fourth-order valence-electron chi connectivity index (χ4n) is 2.60. The molecule has 3 rings (SSSR count). The lowest BCUT2D eigenvalue weighted by molar-refractivity contribution is 0.101. The average Bonchev–Trinajstić information content (AvgIpc) is 2.65. The van der Waals surface area contributed by atoms with Crippen molar-refractivity contribution in [2.75, 3.05) is 10.6 Å². The highest BCUT2D eigenvalue weighted by Gasteiger charge is 2.10. The molecular formula is C21H20N4O2. The van der Waals surface area contributed by atoms with Gasteiger partial charge in [0, 0.05) is 29.3 Å². The number of Topliss-reactive ketones (excluding diaryl/α,β-unsaturated/α-hetero) is 1. The standard InChI is InChI=1S/C21H20N4O2/c1-13-7-8-19(14(2)9-13)25-20(27)17-11-22-21(23-12-17)24-18-6-4-5-16(10-18)15(3)26/h4-12H,1-3H3,(H,25,27)(H,22,23,24). The average molecular weight is 360 g/mol. The Kier molecular flexibility index (Phi) is 5.26. The van der Waals surface area contributed by atoms with Gasteiger partial charge in [-0.25, -0.2) is 9.97 Å². The lowest BCUT2D eigenvalue weighted by Gasteiger charge is -2.09. The Morgan fingerprint density at radius 1 is 0.926 bits per heavy atom. The molecule has 6 heteroatoms. The Labute approximate surface area is 157 Å². The quantitative estimate of drug-likeness (QED) is 0.663. The van der Waals surface area contributed by atoms with E-state index in [0.717, 1.165) is 16.8 Å². The topological polar surface area (TPSA) is 84.0 Å². The third-order valence-corrected chi connectivity index (χ3v) is 4.07. The van der Waals surface area contributed by atoms with Crippen LogP contribution >= 0.6 is 0 Å². The molecule has 0 unspecified atom stereocenters. The van der Waals surface area contributed by atoms with Crippen LogP contribution in [0, 0.1) is 13.8 Å². The molecular weight excluding hydrogens is 340 g/mol. The van der Waals surface area contributed by atoms with Gasteiger partial charge in [0.1, 0.15) is 0 Å². The first kappa shape index (κ1) is 18.3. The lowest BCUT2D eigenvalue weighted by Crippen LogP contribution is -2.14. The zero-order valence-corrected chi connectivity index (χ0v) is 15.4. The maximum absolute atomic E-state index is 12.4. The molecule has 2 N–H and O–H groups in total. The summed E-state index contributed by atoms with van der Waals surface area (Å²) < 4.78 is 0. The molecule has 1 aromatic heterocycles. The second-order valence-corrected chi connectivity index (χ2v) is 6.33. The van der Waals surface area contributed by atoms with Gasteiger partial charge in [0.25, 0.3) is 5.91 Å². The van der Waals surface area contributed by atoms with Crippen LogP contribution in [0.15, 0.2) is 54.9 Å². The number of aromatic nitrogens is 2. The Morgan fingerprint density at radius 3 is 2.33 bits per heavy atom. The van der Waals surface area contributed by atoms with Crippen LogP contribution in [0.4, 0.5) is 17.3 Å². The predicted octanol–water partition coefficient (Wildman–Crippen LogP) is 4.29. The number of aryl methyl sites for hydroxylation is 2. The molecule has 27 heavy (non-hydrogen) atoms. The third kappa shape index (κ3) is 4.55. The highest BCUT2D eigenvalue weighted by Crippen LogP contribution is 2.18. The predicted molar refractivity (Wildman–Crippen MR) is 106 cm³/mol. The molecule has 0 saturated heterocycles. The number of amides is 1. The summed E-state index contributed by atoms with van der Waals surface area (Å²) in [6.07, 6.45) is 2.92. The zero-order chi connectivity index (χ0) is 19.4. The van der Waals surface area contributed by atoms with Crippen molar-refractivity contribution in [3.63, 3.8) is 0 Å². The number of rotatable bonds is 5. The van der Waals surface area contributed by atoms with E-state index in [9.17, 15) is 9.59 Å². The number of nitrogens with zero attached hydrogens (tertiary/aromatic N) is 2. The van der Waals surface area contributed by atoms with Crippen molar-refractivity contribution in [1.29, 1.82) is 0 Å². The molecule has 1 amide bonds. The largest absolute Gasteiger partial charge is 0.324 e. The van der Waals surface area contributed by atoms with Gasteiger partial charge in [-0.05, 0) is 44.5 Å². The van der Waals surface area contributed by atoms with Crippen LogP contribution in [0.25, 0.3) is 0 Å². The summed E-state index contributed by atoms with van der Waals surface area (Å²) in [7, 11) is 0. The molecule has 0 atom stereocenters. The fraction of sp³-hybridized carbons (Fsp3) is 0.143. The van der Waals surface area contributed by atoms with Crippen LogP contribution in [0.3, 0.4) is 0 Å². The van der Waals surface area contributed by atoms with Crippen molar-refractivity contribution < 1.29 is 9.59 Å². The summed E-state index contributed by atoms with van der Waals surface area (Å²) in [5.41, 5.74) is 4.55. The van der Waals surface area contributed by atoms with Crippen molar-refractivity contribution in [3.8, 4) is 0 Å². The van der Waals surface area contributed by atoms with Gasteiger partial charge in [-0.2, -0.15) is 0 Å². The second-order valence-electron chi connectivity index (χ2n) is 6.33. The molecule has 0 spiro atoms. The number of nitrogens with one attached hydrogen (secondary N) is 2. The van der Waals surface area contributed by atoms with Gasteiger partial charge in [0.05, 0.1) is 5.56 Å². The summed E-state index contributed by atoms with van der Waals surface area (Å²) in [5, 5.41) is 5.89. The number of carbonyl (C=O) groups excluding carboxylic acids is 2. The first-order valence-corrected chi connectivity index (χ1v) is 8.51. The molecule has 0 aliphatic rings. The second kappa shape index (κ2) is 7.78. The van der Waals surface area contributed by atoms with Gasteiger partial charge in [-0.1, -0.05) is 29.8 Å². The molecule has 2 aromatic carbocycles. The van der Waals surface area contributed by atoms with E-state index >= 15 is 0 Å². The van der Waals surface area contributed by atoms with E-state index in [1.165, 1.54) is 19.3 Å². The van der Waals surface area contributed by atoms with Crippen LogP contribution in [0.2, 0.25) is 0 Å². The molecule has 0 radical (unpaired) electrons. The van der Waals surface area contributed by atoms with E-state index in [1.807, 2.05) is 38.1 Å². The normalized spacial score (nSPS) is 10.3. The van der Waals surface area contributed by atoms with E-state index < -0.39 is 0 Å². The number of carbonyl (C=O) groups is 2. The van der Waals surface area contributed by atoms with E-state index in [0.29, 0.717) is 22.8 Å². The van der Waals surface area contributed by atoms with Gasteiger partial charge >= 0.3 is 0 Å². The van der Waals surface area contributed by atoms with Crippen LogP contribution in [0.5, 0.6) is 0 Å². The Balaban J connectivity index is 1.70. The van der Waals surface area contributed by atoms with E-state index in [1.54, 1.807) is 18.2 Å². The molecule has 0 aliphatic carbocycles. The van der Waals surface area contributed by atoms with E-state index in [-0.39, 0.29) is 11.7 Å². The number of hydrogen-bond donors (Lipinski definition) is 2. The van der Waals surface area contributed by atoms with Gasteiger partial charge in [-0.15, -0.1) is 0 Å². The summed E-state index contributed by atoms with van der Waals surface area (Å²) in [6.45, 7) is 5.46. The monoisotopic (exact) mass is 360 g/mol. The van der Waals surface area contributed by atoms with Crippen LogP contribution in [0.1, 0.15) is 38.8 Å². The smallest absolute Gasteiger partial charge is 0.258 e. The summed E-state index contributed by atoms with van der Waals surface area (Å²) in [4.78, 5) is 32.2. The molecule has 0 aliphatic heterocycles. The Bertz CT molecular complexity index is 997. The van der Waals surface area contributed by atoms with Crippen LogP contribution in [-0.2, 0) is 0 Å². The number of benzene rings is 2. The molecule has 0 fully saturated rings. The maximum atomic E-state index is 12.4. The minimum Gasteiger partial charge on any atom is -0.324 e. The highest BCUT2D eigenvalue weighted by molar-refractivity contribution is 6.04. The first-order chi connectivity index (χ1) is 12.9. The Morgan fingerprint density at radius 2 is 1.67 bits per heavy atom. The van der Waals surface area contributed by atoms with Crippen LogP contribution < -0.4 is 10.6 Å². The highest BCUT2D eigenvalue weighted by atomic mass is 16.1. The molecule has 0 saturated carbocycles. The summed E-state index contributed by atoms with van der Waals surface area (Å²) in [6, 6.07) is 12.9. The molecule has 0 bridgehead atoms. The SMILES string of the molecule is CC(=O)c1cccc(Nc2ncc(C(=O)Nc3ccc(C)cc3C)cn2)c1. The fourth-order valence-corrected chi connectivity index (χ4v) is 2.60. The van der Waals surface area contributed by atoms with Crippen molar-refractivity contribution in [3.05, 3.63) is 77.1 Å². The van der Waals surface area contributed by atoms with Crippen LogP contribution in [-0.4, -0.2) is 21.7 Å². The summed E-state index contributed by atoms with van der Waals surface area (Å²) in [5.74, 6) is 0.0591. The van der Waals surface area contributed by atoms with Gasteiger partial charge < -0.3 is 10.6 Å². The van der Waals surface area contributed by atoms with E-state index in [4.69, 9.17) is 0 Å². The van der Waals surface area contributed by atoms with Crippen molar-refractivity contribution in [2.24, 2.45) is 0 Å². The molecule has 1 heterocycles. The minimum absolute atomic E-state index is 0.0158.